The third kappa shape index (κ3) is 3.34. The molecular weight excluding hydrogens is 170 g/mol. The van der Waals surface area contributed by atoms with Gasteiger partial charge in [0.15, 0.2) is 0 Å². The fraction of sp³-hybridized carbons (Fsp3) is 0.875. The van der Waals surface area contributed by atoms with Crippen molar-refractivity contribution in [1.82, 2.24) is 0 Å². The first-order valence-corrected chi connectivity index (χ1v) is 4.44. The van der Waals surface area contributed by atoms with Crippen LogP contribution in [0.2, 0.25) is 0 Å². The highest BCUT2D eigenvalue weighted by atomic mass is 16.5. The van der Waals surface area contributed by atoms with E-state index in [2.05, 4.69) is 10.0 Å². The van der Waals surface area contributed by atoms with Crippen molar-refractivity contribution in [2.75, 3.05) is 0 Å². The van der Waals surface area contributed by atoms with Gasteiger partial charge in [-0.1, -0.05) is 5.11 Å². The number of hydrogen-bond donors (Lipinski definition) is 0. The SMILES string of the molecule is CC(=O)OC1CCCC(N=[N+]=[N-])C1. The van der Waals surface area contributed by atoms with Gasteiger partial charge in [0.05, 0.1) is 0 Å². The molecule has 0 aromatic carbocycles. The van der Waals surface area contributed by atoms with E-state index in [0.29, 0.717) is 6.42 Å². The molecule has 0 heterocycles. The van der Waals surface area contributed by atoms with E-state index in [1.807, 2.05) is 0 Å². The summed E-state index contributed by atoms with van der Waals surface area (Å²) < 4.78 is 5.05. The molecule has 13 heavy (non-hydrogen) atoms. The Morgan fingerprint density at radius 1 is 1.62 bits per heavy atom. The maximum absolute atomic E-state index is 10.7. The van der Waals surface area contributed by atoms with Gasteiger partial charge < -0.3 is 4.74 Å². The van der Waals surface area contributed by atoms with Gasteiger partial charge in [-0.3, -0.25) is 4.79 Å². The van der Waals surface area contributed by atoms with Crippen LogP contribution in [-0.4, -0.2) is 18.1 Å². The van der Waals surface area contributed by atoms with Crippen LogP contribution in [-0.2, 0) is 9.53 Å². The number of esters is 1. The monoisotopic (exact) mass is 183 g/mol. The van der Waals surface area contributed by atoms with Crippen molar-refractivity contribution in [3.63, 3.8) is 0 Å². The molecule has 1 aliphatic rings. The van der Waals surface area contributed by atoms with Crippen LogP contribution in [0.15, 0.2) is 5.11 Å². The van der Waals surface area contributed by atoms with E-state index in [9.17, 15) is 4.79 Å². The molecule has 0 aromatic heterocycles. The van der Waals surface area contributed by atoms with E-state index < -0.39 is 0 Å². The summed E-state index contributed by atoms with van der Waals surface area (Å²) in [6.45, 7) is 1.40. The van der Waals surface area contributed by atoms with Gasteiger partial charge in [0, 0.05) is 17.9 Å². The molecule has 0 spiro atoms. The maximum atomic E-state index is 10.7. The zero-order valence-electron chi connectivity index (χ0n) is 7.64. The van der Waals surface area contributed by atoms with Crippen molar-refractivity contribution >= 4 is 5.97 Å². The first-order chi connectivity index (χ1) is 6.22. The Kier molecular flexibility index (Phi) is 3.58. The predicted octanol–water partition coefficient (Wildman–Crippen LogP) is 2.17. The molecule has 0 saturated heterocycles. The first-order valence-electron chi connectivity index (χ1n) is 4.44. The van der Waals surface area contributed by atoms with Crippen LogP contribution in [0.25, 0.3) is 10.4 Å². The van der Waals surface area contributed by atoms with E-state index in [-0.39, 0.29) is 18.1 Å². The van der Waals surface area contributed by atoms with Crippen molar-refractivity contribution in [3.05, 3.63) is 10.4 Å². The van der Waals surface area contributed by atoms with Crippen LogP contribution < -0.4 is 0 Å². The highest BCUT2D eigenvalue weighted by molar-refractivity contribution is 5.66. The van der Waals surface area contributed by atoms with Crippen molar-refractivity contribution in [1.29, 1.82) is 0 Å². The summed E-state index contributed by atoms with van der Waals surface area (Å²) in [5.41, 5.74) is 8.24. The van der Waals surface area contributed by atoms with Crippen LogP contribution in [0.1, 0.15) is 32.6 Å². The van der Waals surface area contributed by atoms with Gasteiger partial charge in [-0.05, 0) is 31.2 Å². The van der Waals surface area contributed by atoms with Crippen molar-refractivity contribution in [3.8, 4) is 0 Å². The summed E-state index contributed by atoms with van der Waals surface area (Å²) in [5, 5.41) is 3.63. The molecule has 2 atom stereocenters. The molecule has 5 nitrogen and oxygen atoms in total. The van der Waals surface area contributed by atoms with Crippen molar-refractivity contribution < 1.29 is 9.53 Å². The Labute approximate surface area is 76.7 Å². The molecular formula is C8H13N3O2. The lowest BCUT2D eigenvalue weighted by Gasteiger charge is -2.25. The van der Waals surface area contributed by atoms with E-state index in [0.717, 1.165) is 19.3 Å². The Balaban J connectivity index is 2.41. The number of carbonyl (C=O) groups excluding carboxylic acids is 1. The zero-order chi connectivity index (χ0) is 9.68. The maximum Gasteiger partial charge on any atom is 0.302 e. The van der Waals surface area contributed by atoms with E-state index in [1.165, 1.54) is 6.92 Å². The molecule has 0 N–H and O–H groups in total. The van der Waals surface area contributed by atoms with Gasteiger partial charge in [-0.25, -0.2) is 0 Å². The Morgan fingerprint density at radius 2 is 2.38 bits per heavy atom. The molecule has 72 valence electrons. The largest absolute Gasteiger partial charge is 0.463 e. The normalized spacial score (nSPS) is 27.5. The minimum atomic E-state index is -0.258. The lowest BCUT2D eigenvalue weighted by molar-refractivity contribution is -0.147. The van der Waals surface area contributed by atoms with Crippen molar-refractivity contribution in [2.24, 2.45) is 5.11 Å². The Morgan fingerprint density at radius 3 is 3.00 bits per heavy atom. The van der Waals surface area contributed by atoms with Gasteiger partial charge in [0.25, 0.3) is 0 Å². The van der Waals surface area contributed by atoms with Crippen LogP contribution in [0.4, 0.5) is 0 Å². The highest BCUT2D eigenvalue weighted by Crippen LogP contribution is 2.23. The zero-order valence-corrected chi connectivity index (χ0v) is 7.64. The minimum absolute atomic E-state index is 0.00287. The molecule has 1 rings (SSSR count). The number of carbonyl (C=O) groups is 1. The minimum Gasteiger partial charge on any atom is -0.463 e. The molecule has 0 aliphatic heterocycles. The average Bonchev–Trinajstić information content (AvgIpc) is 2.04. The smallest absolute Gasteiger partial charge is 0.302 e. The summed E-state index contributed by atoms with van der Waals surface area (Å²) >= 11 is 0. The fourth-order valence-corrected chi connectivity index (χ4v) is 1.64. The van der Waals surface area contributed by atoms with Gasteiger partial charge in [0.1, 0.15) is 6.10 Å². The van der Waals surface area contributed by atoms with E-state index >= 15 is 0 Å². The van der Waals surface area contributed by atoms with Gasteiger partial charge in [0.2, 0.25) is 0 Å². The Hall–Kier alpha value is -1.22. The molecule has 1 saturated carbocycles. The second-order valence-corrected chi connectivity index (χ2v) is 3.26. The van der Waals surface area contributed by atoms with E-state index in [4.69, 9.17) is 10.3 Å². The molecule has 1 aliphatic carbocycles. The van der Waals surface area contributed by atoms with Gasteiger partial charge >= 0.3 is 5.97 Å². The van der Waals surface area contributed by atoms with Crippen LogP contribution in [0.5, 0.6) is 0 Å². The summed E-state index contributed by atoms with van der Waals surface area (Å²) in [7, 11) is 0. The van der Waals surface area contributed by atoms with E-state index in [1.54, 1.807) is 0 Å². The fourth-order valence-electron chi connectivity index (χ4n) is 1.64. The number of hydrogen-bond acceptors (Lipinski definition) is 3. The molecule has 1 fully saturated rings. The summed E-state index contributed by atoms with van der Waals surface area (Å²) in [5.74, 6) is -0.258. The third-order valence-electron chi connectivity index (χ3n) is 2.15. The quantitative estimate of drug-likeness (QED) is 0.285. The number of azide groups is 1. The molecule has 0 amide bonds. The first kappa shape index (κ1) is 9.86. The number of rotatable bonds is 2. The molecule has 5 heteroatoms. The number of ether oxygens (including phenoxy) is 1. The second-order valence-electron chi connectivity index (χ2n) is 3.26. The van der Waals surface area contributed by atoms with Crippen molar-refractivity contribution in [2.45, 2.75) is 44.8 Å². The third-order valence-corrected chi connectivity index (χ3v) is 2.15. The van der Waals surface area contributed by atoms with Crippen LogP contribution in [0.3, 0.4) is 0 Å². The lowest BCUT2D eigenvalue weighted by Crippen LogP contribution is -2.26. The molecule has 2 unspecified atom stereocenters. The highest BCUT2D eigenvalue weighted by Gasteiger charge is 2.22. The molecule has 0 bridgehead atoms. The number of nitrogens with zero attached hydrogens (tertiary/aromatic N) is 3. The summed E-state index contributed by atoms with van der Waals surface area (Å²) in [4.78, 5) is 13.4. The average molecular weight is 183 g/mol. The van der Waals surface area contributed by atoms with Gasteiger partial charge in [-0.2, -0.15) is 0 Å². The van der Waals surface area contributed by atoms with Gasteiger partial charge in [-0.15, -0.1) is 0 Å². The summed E-state index contributed by atoms with van der Waals surface area (Å²) in [6.07, 6.45) is 3.37. The topological polar surface area (TPSA) is 75.1 Å². The predicted molar refractivity (Wildman–Crippen MR) is 47.0 cm³/mol. The lowest BCUT2D eigenvalue weighted by atomic mass is 9.93. The van der Waals surface area contributed by atoms with Crippen LogP contribution in [0, 0.1) is 0 Å². The molecule has 0 radical (unpaired) electrons. The second kappa shape index (κ2) is 4.72. The van der Waals surface area contributed by atoms with Crippen LogP contribution >= 0.6 is 0 Å². The standard InChI is InChI=1S/C8H13N3O2/c1-6(12)13-8-4-2-3-7(5-8)10-11-9/h7-8H,2-5H2,1H3. The molecule has 0 aromatic rings. The Bertz CT molecular complexity index is 236. The summed E-state index contributed by atoms with van der Waals surface area (Å²) in [6, 6.07) is 0.00287.